The third-order valence-electron chi connectivity index (χ3n) is 6.70. The summed E-state index contributed by atoms with van der Waals surface area (Å²) in [5.74, 6) is 1.48. The minimum Gasteiger partial charge on any atom is -0.489 e. The molecule has 4 N–H and O–H groups in total. The third kappa shape index (κ3) is 4.46. The molecule has 0 aromatic carbocycles. The predicted octanol–water partition coefficient (Wildman–Crippen LogP) is 2.88. The topological polar surface area (TPSA) is 89.8 Å². The average Bonchev–Trinajstić information content (AvgIpc) is 2.71. The first-order chi connectivity index (χ1) is 13.9. The first-order valence-electron chi connectivity index (χ1n) is 10.7. The fourth-order valence-electron chi connectivity index (χ4n) is 4.85. The number of hydrogen-bond acceptors (Lipinski definition) is 6. The van der Waals surface area contributed by atoms with Crippen LogP contribution < -0.4 is 16.2 Å². The van der Waals surface area contributed by atoms with E-state index in [0.717, 1.165) is 55.8 Å². The Hall–Kier alpha value is -1.99. The van der Waals surface area contributed by atoms with E-state index in [9.17, 15) is 4.39 Å². The molecule has 2 aliphatic heterocycles. The van der Waals surface area contributed by atoms with Crippen molar-refractivity contribution in [3.05, 3.63) is 30.2 Å². The molecular formula is C22H32FN5O. The highest BCUT2D eigenvalue weighted by atomic mass is 19.1. The van der Waals surface area contributed by atoms with E-state index < -0.39 is 11.7 Å². The maximum Gasteiger partial charge on any atom is 0.138 e. The van der Waals surface area contributed by atoms with Crippen LogP contribution in [0.2, 0.25) is 0 Å². The summed E-state index contributed by atoms with van der Waals surface area (Å²) in [5, 5.41) is 0. The molecule has 7 heteroatoms. The number of likely N-dealkylation sites (tertiary alicyclic amines) is 1. The molecule has 1 aromatic heterocycles. The van der Waals surface area contributed by atoms with E-state index in [-0.39, 0.29) is 12.0 Å². The average molecular weight is 402 g/mol. The normalized spacial score (nSPS) is 31.8. The number of pyridine rings is 1. The van der Waals surface area contributed by atoms with E-state index in [1.807, 2.05) is 12.1 Å². The zero-order chi connectivity index (χ0) is 20.4. The van der Waals surface area contributed by atoms with Crippen molar-refractivity contribution < 1.29 is 9.13 Å². The summed E-state index contributed by atoms with van der Waals surface area (Å²) < 4.78 is 19.8. The van der Waals surface area contributed by atoms with Crippen LogP contribution in [-0.2, 0) is 0 Å². The Morgan fingerprint density at radius 1 is 1.14 bits per heavy atom. The van der Waals surface area contributed by atoms with Crippen molar-refractivity contribution in [1.82, 2.24) is 9.88 Å². The molecule has 3 heterocycles. The first-order valence-corrected chi connectivity index (χ1v) is 10.7. The monoisotopic (exact) mass is 401 g/mol. The number of amidine groups is 1. The highest BCUT2D eigenvalue weighted by Gasteiger charge is 2.43. The molecule has 2 fully saturated rings. The number of alkyl halides is 1. The van der Waals surface area contributed by atoms with Crippen LogP contribution >= 0.6 is 0 Å². The molecule has 29 heavy (non-hydrogen) atoms. The van der Waals surface area contributed by atoms with E-state index in [4.69, 9.17) is 16.2 Å². The molecule has 0 bridgehead atoms. The van der Waals surface area contributed by atoms with Crippen LogP contribution in [0.4, 0.5) is 4.39 Å². The second-order valence-corrected chi connectivity index (χ2v) is 8.83. The van der Waals surface area contributed by atoms with Gasteiger partial charge in [0.05, 0.1) is 17.4 Å². The Labute approximate surface area is 172 Å². The van der Waals surface area contributed by atoms with Crippen LogP contribution in [0.5, 0.6) is 5.75 Å². The number of hydrogen-bond donors (Lipinski definition) is 2. The van der Waals surface area contributed by atoms with Gasteiger partial charge in [0.25, 0.3) is 0 Å². The zero-order valence-corrected chi connectivity index (χ0v) is 17.2. The molecule has 1 unspecified atom stereocenters. The number of aromatic nitrogens is 1. The SMILES string of the molecule is CN1CCC(Oc2ccc(C3=CN=C(N)CC3(N)C3CCC(F)CC3)nc2)CC1. The van der Waals surface area contributed by atoms with Crippen molar-refractivity contribution in [2.75, 3.05) is 20.1 Å². The van der Waals surface area contributed by atoms with Crippen molar-refractivity contribution >= 4 is 11.4 Å². The Morgan fingerprint density at radius 3 is 2.52 bits per heavy atom. The molecule has 1 aromatic rings. The van der Waals surface area contributed by atoms with Gasteiger partial charge in [0, 0.05) is 31.3 Å². The standard InChI is InChI=1S/C22H32FN5O/c1-28-10-8-17(9-11-28)29-18-6-7-20(26-13-18)19-14-27-21(24)12-22(19,25)15-2-4-16(23)5-3-15/h6-7,13-17H,2-5,8-12,25H2,1H3,(H2,24,27). The number of nitrogens with two attached hydrogens (primary N) is 2. The summed E-state index contributed by atoms with van der Waals surface area (Å²) in [4.78, 5) is 11.3. The molecule has 3 aliphatic rings. The van der Waals surface area contributed by atoms with Crippen LogP contribution in [-0.4, -0.2) is 53.7 Å². The van der Waals surface area contributed by atoms with Crippen LogP contribution in [0.3, 0.4) is 0 Å². The van der Waals surface area contributed by atoms with Gasteiger partial charge in [-0.25, -0.2) is 9.38 Å². The molecule has 1 aliphatic carbocycles. The van der Waals surface area contributed by atoms with Gasteiger partial charge in [0.15, 0.2) is 0 Å². The van der Waals surface area contributed by atoms with Gasteiger partial charge in [-0.15, -0.1) is 0 Å². The van der Waals surface area contributed by atoms with Gasteiger partial charge in [-0.2, -0.15) is 0 Å². The van der Waals surface area contributed by atoms with E-state index >= 15 is 0 Å². The fraction of sp³-hybridized carbons (Fsp3) is 0.636. The van der Waals surface area contributed by atoms with Gasteiger partial charge in [0.2, 0.25) is 0 Å². The fourth-order valence-corrected chi connectivity index (χ4v) is 4.85. The molecule has 0 radical (unpaired) electrons. The van der Waals surface area contributed by atoms with E-state index in [1.54, 1.807) is 12.4 Å². The molecule has 1 saturated carbocycles. The third-order valence-corrected chi connectivity index (χ3v) is 6.70. The number of aliphatic imine (C=N–C) groups is 1. The lowest BCUT2D eigenvalue weighted by Gasteiger charge is -2.43. The van der Waals surface area contributed by atoms with E-state index in [0.29, 0.717) is 25.1 Å². The maximum absolute atomic E-state index is 13.7. The molecule has 158 valence electrons. The van der Waals surface area contributed by atoms with Crippen molar-refractivity contribution in [1.29, 1.82) is 0 Å². The Bertz CT molecular complexity index is 764. The van der Waals surface area contributed by atoms with Crippen molar-refractivity contribution in [3.8, 4) is 5.75 Å². The minimum atomic E-state index is -0.717. The van der Waals surface area contributed by atoms with Crippen molar-refractivity contribution in [3.63, 3.8) is 0 Å². The molecule has 4 rings (SSSR count). The molecule has 0 amide bonds. The van der Waals surface area contributed by atoms with Crippen molar-refractivity contribution in [2.45, 2.75) is 62.8 Å². The minimum absolute atomic E-state index is 0.173. The number of rotatable bonds is 4. The number of piperidine rings is 1. The van der Waals surface area contributed by atoms with Gasteiger partial charge in [-0.3, -0.25) is 4.98 Å². The number of halogens is 1. The number of nitrogens with zero attached hydrogens (tertiary/aromatic N) is 3. The quantitative estimate of drug-likeness (QED) is 0.810. The first kappa shape index (κ1) is 20.3. The summed E-state index contributed by atoms with van der Waals surface area (Å²) >= 11 is 0. The lowest BCUT2D eigenvalue weighted by atomic mass is 9.68. The van der Waals surface area contributed by atoms with Crippen LogP contribution in [0.25, 0.3) is 5.57 Å². The highest BCUT2D eigenvalue weighted by molar-refractivity contribution is 5.90. The van der Waals surface area contributed by atoms with Gasteiger partial charge in [0.1, 0.15) is 23.9 Å². The lowest BCUT2D eigenvalue weighted by Crippen LogP contribution is -2.53. The second kappa shape index (κ2) is 8.40. The van der Waals surface area contributed by atoms with Crippen molar-refractivity contribution in [2.24, 2.45) is 22.4 Å². The smallest absolute Gasteiger partial charge is 0.138 e. The Kier molecular flexibility index (Phi) is 5.88. The second-order valence-electron chi connectivity index (χ2n) is 8.83. The zero-order valence-electron chi connectivity index (χ0n) is 17.2. The summed E-state index contributed by atoms with van der Waals surface area (Å²) in [6.07, 6.45) is 8.23. The summed E-state index contributed by atoms with van der Waals surface area (Å²) in [5.41, 5.74) is 14.0. The Morgan fingerprint density at radius 2 is 1.86 bits per heavy atom. The lowest BCUT2D eigenvalue weighted by molar-refractivity contribution is 0.114. The molecular weight excluding hydrogens is 369 g/mol. The molecule has 1 atom stereocenters. The van der Waals surface area contributed by atoms with E-state index in [2.05, 4.69) is 21.9 Å². The van der Waals surface area contributed by atoms with Gasteiger partial charge in [-0.1, -0.05) is 0 Å². The summed E-state index contributed by atoms with van der Waals surface area (Å²) in [6.45, 7) is 2.11. The Balaban J connectivity index is 1.50. The van der Waals surface area contributed by atoms with Gasteiger partial charge in [-0.05, 0) is 63.6 Å². The summed E-state index contributed by atoms with van der Waals surface area (Å²) in [7, 11) is 2.14. The molecule has 6 nitrogen and oxygen atoms in total. The predicted molar refractivity (Wildman–Crippen MR) is 113 cm³/mol. The molecule has 1 saturated heterocycles. The van der Waals surface area contributed by atoms with E-state index in [1.165, 1.54) is 0 Å². The number of ether oxygens (including phenoxy) is 1. The maximum atomic E-state index is 13.7. The van der Waals surface area contributed by atoms with Gasteiger partial charge >= 0.3 is 0 Å². The molecule has 0 spiro atoms. The largest absolute Gasteiger partial charge is 0.489 e. The highest BCUT2D eigenvalue weighted by Crippen LogP contribution is 2.43. The van der Waals surface area contributed by atoms with Crippen LogP contribution in [0.1, 0.15) is 50.6 Å². The van der Waals surface area contributed by atoms with Gasteiger partial charge < -0.3 is 21.1 Å². The van der Waals surface area contributed by atoms with Crippen LogP contribution in [0.15, 0.2) is 29.5 Å². The van der Waals surface area contributed by atoms with Crippen LogP contribution in [0, 0.1) is 5.92 Å². The summed E-state index contributed by atoms with van der Waals surface area (Å²) in [6, 6.07) is 3.91.